The Morgan fingerprint density at radius 2 is 2.24 bits per heavy atom. The number of esters is 1. The van der Waals surface area contributed by atoms with Crippen LogP contribution in [0.3, 0.4) is 0 Å². The number of rotatable bonds is 4. The predicted octanol–water partition coefficient (Wildman–Crippen LogP) is 1.87. The first-order chi connectivity index (χ1) is 8.13. The van der Waals surface area contributed by atoms with Crippen LogP contribution in [-0.4, -0.2) is 29.8 Å². The average Bonchev–Trinajstić information content (AvgIpc) is 2.33. The predicted molar refractivity (Wildman–Crippen MR) is 63.8 cm³/mol. The summed E-state index contributed by atoms with van der Waals surface area (Å²) in [7, 11) is 1.33. The molecule has 2 rings (SSSR count). The summed E-state index contributed by atoms with van der Waals surface area (Å²) in [6.45, 7) is 3.17. The van der Waals surface area contributed by atoms with Gasteiger partial charge in [0.15, 0.2) is 5.69 Å². The molecule has 0 amide bonds. The molecular weight excluding hydrogens is 218 g/mol. The van der Waals surface area contributed by atoms with Crippen molar-refractivity contribution in [3.63, 3.8) is 0 Å². The van der Waals surface area contributed by atoms with Crippen LogP contribution in [0, 0.1) is 5.41 Å². The van der Waals surface area contributed by atoms with Crippen LogP contribution >= 0.6 is 0 Å². The molecule has 0 unspecified atom stereocenters. The zero-order chi connectivity index (χ0) is 12.3. The van der Waals surface area contributed by atoms with Crippen LogP contribution in [-0.2, 0) is 4.74 Å². The molecule has 5 nitrogen and oxygen atoms in total. The lowest BCUT2D eigenvalue weighted by Crippen LogP contribution is -2.33. The maximum atomic E-state index is 11.2. The van der Waals surface area contributed by atoms with Gasteiger partial charge in [-0.3, -0.25) is 0 Å². The second-order valence-electron chi connectivity index (χ2n) is 4.81. The van der Waals surface area contributed by atoms with E-state index in [2.05, 4.69) is 27.2 Å². The van der Waals surface area contributed by atoms with Crippen molar-refractivity contribution in [1.82, 2.24) is 10.2 Å². The molecule has 1 N–H and O–H groups in total. The number of methoxy groups -OCH3 is 1. The van der Waals surface area contributed by atoms with Crippen LogP contribution in [0.25, 0.3) is 0 Å². The number of carbonyl (C=O) groups excluding carboxylic acids is 1. The summed E-state index contributed by atoms with van der Waals surface area (Å²) in [5.74, 6) is 0.237. The number of nitrogens with one attached hydrogen (secondary N) is 1. The van der Waals surface area contributed by atoms with Gasteiger partial charge in [-0.25, -0.2) is 4.79 Å². The SMILES string of the molecule is COC(=O)c1ccc(NCC2(C)CCC2)nn1. The van der Waals surface area contributed by atoms with Gasteiger partial charge < -0.3 is 10.1 Å². The van der Waals surface area contributed by atoms with Crippen LogP contribution in [0.4, 0.5) is 5.82 Å². The van der Waals surface area contributed by atoms with E-state index in [4.69, 9.17) is 0 Å². The van der Waals surface area contributed by atoms with E-state index in [9.17, 15) is 4.79 Å². The molecule has 1 saturated carbocycles. The minimum atomic E-state index is -0.463. The van der Waals surface area contributed by atoms with Crippen molar-refractivity contribution < 1.29 is 9.53 Å². The van der Waals surface area contributed by atoms with Crippen molar-refractivity contribution in [2.75, 3.05) is 19.0 Å². The minimum absolute atomic E-state index is 0.230. The monoisotopic (exact) mass is 235 g/mol. The third kappa shape index (κ3) is 2.72. The Kier molecular flexibility index (Phi) is 3.26. The van der Waals surface area contributed by atoms with E-state index in [0.717, 1.165) is 6.54 Å². The van der Waals surface area contributed by atoms with E-state index in [-0.39, 0.29) is 5.69 Å². The highest BCUT2D eigenvalue weighted by Crippen LogP contribution is 2.39. The summed E-state index contributed by atoms with van der Waals surface area (Å²) in [4.78, 5) is 11.2. The highest BCUT2D eigenvalue weighted by atomic mass is 16.5. The van der Waals surface area contributed by atoms with Crippen molar-refractivity contribution in [3.8, 4) is 0 Å². The molecule has 0 radical (unpaired) electrons. The van der Waals surface area contributed by atoms with Crippen LogP contribution < -0.4 is 5.32 Å². The third-order valence-electron chi connectivity index (χ3n) is 3.32. The zero-order valence-electron chi connectivity index (χ0n) is 10.2. The molecule has 0 bridgehead atoms. The number of hydrogen-bond donors (Lipinski definition) is 1. The van der Waals surface area contributed by atoms with E-state index in [1.54, 1.807) is 12.1 Å². The molecule has 0 atom stereocenters. The minimum Gasteiger partial charge on any atom is -0.464 e. The standard InChI is InChI=1S/C12H17N3O2/c1-12(6-3-7-12)8-13-10-5-4-9(14-15-10)11(16)17-2/h4-5H,3,6-8H2,1-2H3,(H,13,15). The van der Waals surface area contributed by atoms with Gasteiger partial charge in [0, 0.05) is 6.54 Å². The highest BCUT2D eigenvalue weighted by Gasteiger charge is 2.31. The lowest BCUT2D eigenvalue weighted by molar-refractivity contribution is 0.0592. The number of hydrogen-bond acceptors (Lipinski definition) is 5. The maximum Gasteiger partial charge on any atom is 0.358 e. The van der Waals surface area contributed by atoms with E-state index in [1.165, 1.54) is 26.4 Å². The summed E-state index contributed by atoms with van der Waals surface area (Å²) in [5, 5.41) is 11.0. The van der Waals surface area contributed by atoms with Crippen molar-refractivity contribution >= 4 is 11.8 Å². The Hall–Kier alpha value is -1.65. The summed E-state index contributed by atoms with van der Waals surface area (Å²) in [5.41, 5.74) is 0.621. The largest absolute Gasteiger partial charge is 0.464 e. The Labute approximate surface area is 101 Å². The molecule has 92 valence electrons. The number of nitrogens with zero attached hydrogens (tertiary/aromatic N) is 2. The maximum absolute atomic E-state index is 11.2. The lowest BCUT2D eigenvalue weighted by atomic mass is 9.70. The van der Waals surface area contributed by atoms with Crippen molar-refractivity contribution in [2.24, 2.45) is 5.41 Å². The summed E-state index contributed by atoms with van der Waals surface area (Å²) < 4.78 is 4.56. The molecular formula is C12H17N3O2. The number of ether oxygens (including phenoxy) is 1. The number of anilines is 1. The molecule has 17 heavy (non-hydrogen) atoms. The molecule has 1 aromatic heterocycles. The van der Waals surface area contributed by atoms with E-state index >= 15 is 0 Å². The normalized spacial score (nSPS) is 17.1. The Balaban J connectivity index is 1.91. The van der Waals surface area contributed by atoms with E-state index in [1.807, 2.05) is 0 Å². The van der Waals surface area contributed by atoms with Gasteiger partial charge in [-0.2, -0.15) is 0 Å². The van der Waals surface area contributed by atoms with Gasteiger partial charge >= 0.3 is 5.97 Å². The fourth-order valence-corrected chi connectivity index (χ4v) is 1.90. The average molecular weight is 235 g/mol. The molecule has 1 fully saturated rings. The number of carbonyl (C=O) groups is 1. The molecule has 0 aliphatic heterocycles. The second kappa shape index (κ2) is 4.69. The molecule has 1 aromatic rings. The molecule has 1 aliphatic carbocycles. The Bertz CT molecular complexity index is 399. The van der Waals surface area contributed by atoms with Crippen molar-refractivity contribution in [2.45, 2.75) is 26.2 Å². The van der Waals surface area contributed by atoms with Crippen LogP contribution in [0.1, 0.15) is 36.7 Å². The summed E-state index contributed by atoms with van der Waals surface area (Å²) in [6.07, 6.45) is 3.83. The molecule has 5 heteroatoms. The number of aromatic nitrogens is 2. The van der Waals surface area contributed by atoms with Gasteiger partial charge in [-0.15, -0.1) is 10.2 Å². The molecule has 1 aliphatic rings. The van der Waals surface area contributed by atoms with Gasteiger partial charge in [-0.1, -0.05) is 13.3 Å². The topological polar surface area (TPSA) is 64.1 Å². The summed E-state index contributed by atoms with van der Waals surface area (Å²) >= 11 is 0. The lowest BCUT2D eigenvalue weighted by Gasteiger charge is -2.38. The molecule has 0 spiro atoms. The highest BCUT2D eigenvalue weighted by molar-refractivity contribution is 5.86. The molecule has 0 saturated heterocycles. The van der Waals surface area contributed by atoms with Crippen molar-refractivity contribution in [3.05, 3.63) is 17.8 Å². The van der Waals surface area contributed by atoms with Crippen LogP contribution in [0.15, 0.2) is 12.1 Å². The first kappa shape index (κ1) is 11.8. The Morgan fingerprint density at radius 1 is 1.47 bits per heavy atom. The van der Waals surface area contributed by atoms with Gasteiger partial charge in [0.2, 0.25) is 0 Å². The fraction of sp³-hybridized carbons (Fsp3) is 0.583. The van der Waals surface area contributed by atoms with Crippen molar-refractivity contribution in [1.29, 1.82) is 0 Å². The molecule has 0 aromatic carbocycles. The smallest absolute Gasteiger partial charge is 0.358 e. The Morgan fingerprint density at radius 3 is 2.71 bits per heavy atom. The van der Waals surface area contributed by atoms with Gasteiger partial charge in [0.25, 0.3) is 0 Å². The third-order valence-corrected chi connectivity index (χ3v) is 3.32. The van der Waals surface area contributed by atoms with Gasteiger partial charge in [-0.05, 0) is 30.4 Å². The van der Waals surface area contributed by atoms with E-state index < -0.39 is 5.97 Å². The van der Waals surface area contributed by atoms with Gasteiger partial charge in [0.1, 0.15) is 5.82 Å². The fourth-order valence-electron chi connectivity index (χ4n) is 1.90. The van der Waals surface area contributed by atoms with E-state index in [0.29, 0.717) is 11.2 Å². The van der Waals surface area contributed by atoms with Crippen LogP contribution in [0.5, 0.6) is 0 Å². The first-order valence-electron chi connectivity index (χ1n) is 5.79. The van der Waals surface area contributed by atoms with Crippen LogP contribution in [0.2, 0.25) is 0 Å². The quantitative estimate of drug-likeness (QED) is 0.807. The molecule has 1 heterocycles. The second-order valence-corrected chi connectivity index (χ2v) is 4.81. The zero-order valence-corrected chi connectivity index (χ0v) is 10.2. The van der Waals surface area contributed by atoms with Gasteiger partial charge in [0.05, 0.1) is 7.11 Å². The summed E-state index contributed by atoms with van der Waals surface area (Å²) in [6, 6.07) is 3.37. The first-order valence-corrected chi connectivity index (χ1v) is 5.79.